The third-order valence-corrected chi connectivity index (χ3v) is 4.85. The van der Waals surface area contributed by atoms with Gasteiger partial charge in [-0.15, -0.1) is 0 Å². The summed E-state index contributed by atoms with van der Waals surface area (Å²) in [4.78, 5) is 1.53. The monoisotopic (exact) mass is 371 g/mol. The Kier molecular flexibility index (Phi) is 4.90. The van der Waals surface area contributed by atoms with E-state index in [1.807, 2.05) is 42.5 Å². The molecule has 0 aliphatic carbocycles. The summed E-state index contributed by atoms with van der Waals surface area (Å²) in [6.07, 6.45) is 0. The molecule has 1 nitrogen and oxygen atoms in total. The number of rotatable bonds is 4. The average molecular weight is 371 g/mol. The van der Waals surface area contributed by atoms with Crippen molar-refractivity contribution < 1.29 is 8.78 Å². The molecule has 0 aromatic heterocycles. The van der Waals surface area contributed by atoms with Crippen molar-refractivity contribution in [2.75, 3.05) is 11.9 Å². The van der Waals surface area contributed by atoms with Gasteiger partial charge in [0.05, 0.1) is 11.4 Å². The normalized spacial score (nSPS) is 10.7. The first-order chi connectivity index (χ1) is 13.6. The van der Waals surface area contributed by atoms with Crippen LogP contribution in [0.1, 0.15) is 0 Å². The number of nitrogens with zero attached hydrogens (tertiary/aromatic N) is 1. The maximum absolute atomic E-state index is 14.5. The van der Waals surface area contributed by atoms with Crippen LogP contribution in [0.15, 0.2) is 97.1 Å². The first kappa shape index (κ1) is 17.9. The Morgan fingerprint density at radius 2 is 1.00 bits per heavy atom. The van der Waals surface area contributed by atoms with E-state index in [1.165, 1.54) is 17.0 Å². The van der Waals surface area contributed by atoms with Gasteiger partial charge in [-0.3, -0.25) is 0 Å². The molecule has 0 bridgehead atoms. The molecule has 4 aromatic rings. The van der Waals surface area contributed by atoms with E-state index in [9.17, 15) is 8.78 Å². The number of para-hydroxylation sites is 1. The minimum absolute atomic E-state index is 0.328. The predicted octanol–water partition coefficient (Wildman–Crippen LogP) is 7.07. The lowest BCUT2D eigenvalue weighted by Crippen LogP contribution is -2.12. The van der Waals surface area contributed by atoms with Crippen LogP contribution in [-0.2, 0) is 0 Å². The van der Waals surface area contributed by atoms with Crippen molar-refractivity contribution >= 4 is 11.4 Å². The third kappa shape index (κ3) is 3.52. The molecule has 0 fully saturated rings. The van der Waals surface area contributed by atoms with E-state index in [0.717, 1.165) is 22.3 Å². The highest BCUT2D eigenvalue weighted by molar-refractivity contribution is 5.75. The highest BCUT2D eigenvalue weighted by atomic mass is 19.1. The Bertz CT molecular complexity index is 1090. The summed E-state index contributed by atoms with van der Waals surface area (Å²) < 4.78 is 28.6. The molecule has 28 heavy (non-hydrogen) atoms. The van der Waals surface area contributed by atoms with Crippen molar-refractivity contribution in [1.29, 1.82) is 0 Å². The Hall–Kier alpha value is -3.46. The molecule has 0 N–H and O–H groups in total. The van der Waals surface area contributed by atoms with Crippen LogP contribution in [0.3, 0.4) is 0 Å². The van der Waals surface area contributed by atoms with E-state index in [-0.39, 0.29) is 5.82 Å². The van der Waals surface area contributed by atoms with Gasteiger partial charge in [0.2, 0.25) is 0 Å². The van der Waals surface area contributed by atoms with Crippen LogP contribution in [-0.4, -0.2) is 7.05 Å². The SMILES string of the molecule is CN(c1ccccc1F)c1cc(-c2ccc(-c3ccccc3)cc2)ccc1F. The molecular weight excluding hydrogens is 352 g/mol. The molecule has 0 heterocycles. The van der Waals surface area contributed by atoms with E-state index in [4.69, 9.17) is 0 Å². The second-order valence-corrected chi connectivity index (χ2v) is 6.62. The van der Waals surface area contributed by atoms with E-state index in [0.29, 0.717) is 11.4 Å². The van der Waals surface area contributed by atoms with E-state index in [2.05, 4.69) is 12.1 Å². The Balaban J connectivity index is 1.68. The van der Waals surface area contributed by atoms with Crippen molar-refractivity contribution in [2.45, 2.75) is 0 Å². The van der Waals surface area contributed by atoms with Gasteiger partial charge >= 0.3 is 0 Å². The van der Waals surface area contributed by atoms with E-state index < -0.39 is 5.82 Å². The summed E-state index contributed by atoms with van der Waals surface area (Å²) in [6.45, 7) is 0. The van der Waals surface area contributed by atoms with Gasteiger partial charge < -0.3 is 4.90 Å². The van der Waals surface area contributed by atoms with Gasteiger partial charge in [-0.25, -0.2) is 8.78 Å². The molecule has 0 aliphatic heterocycles. The molecule has 0 saturated carbocycles. The molecule has 0 aliphatic rings. The van der Waals surface area contributed by atoms with Crippen LogP contribution in [0.4, 0.5) is 20.2 Å². The van der Waals surface area contributed by atoms with E-state index >= 15 is 0 Å². The highest BCUT2D eigenvalue weighted by Crippen LogP contribution is 2.33. The fourth-order valence-corrected chi connectivity index (χ4v) is 3.29. The Morgan fingerprint density at radius 3 is 1.68 bits per heavy atom. The van der Waals surface area contributed by atoms with Gasteiger partial charge in [0.15, 0.2) is 0 Å². The van der Waals surface area contributed by atoms with Crippen LogP contribution in [0.5, 0.6) is 0 Å². The topological polar surface area (TPSA) is 3.24 Å². The van der Waals surface area contributed by atoms with Gasteiger partial charge in [0.1, 0.15) is 11.6 Å². The number of halogens is 2. The van der Waals surface area contributed by atoms with Crippen molar-refractivity contribution in [3.05, 3.63) is 109 Å². The maximum atomic E-state index is 14.5. The summed E-state index contributed by atoms with van der Waals surface area (Å²) in [5.74, 6) is -0.780. The van der Waals surface area contributed by atoms with Gasteiger partial charge in [-0.1, -0.05) is 72.8 Å². The van der Waals surface area contributed by atoms with Gasteiger partial charge in [-0.05, 0) is 46.5 Å². The molecule has 4 rings (SSSR count). The van der Waals surface area contributed by atoms with Gasteiger partial charge in [-0.2, -0.15) is 0 Å². The quantitative estimate of drug-likeness (QED) is 0.371. The maximum Gasteiger partial charge on any atom is 0.146 e. The Labute approximate surface area is 163 Å². The van der Waals surface area contributed by atoms with Crippen LogP contribution in [0.25, 0.3) is 22.3 Å². The van der Waals surface area contributed by atoms with Gasteiger partial charge in [0, 0.05) is 7.05 Å². The second kappa shape index (κ2) is 7.65. The van der Waals surface area contributed by atoms with Crippen LogP contribution in [0, 0.1) is 11.6 Å². The number of hydrogen-bond donors (Lipinski definition) is 0. The number of anilines is 2. The molecule has 3 heteroatoms. The first-order valence-electron chi connectivity index (χ1n) is 9.07. The van der Waals surface area contributed by atoms with Crippen molar-refractivity contribution in [3.63, 3.8) is 0 Å². The summed E-state index contributed by atoms with van der Waals surface area (Å²) >= 11 is 0. The Morgan fingerprint density at radius 1 is 0.500 bits per heavy atom. The molecule has 4 aromatic carbocycles. The average Bonchev–Trinajstić information content (AvgIpc) is 2.75. The van der Waals surface area contributed by atoms with Crippen molar-refractivity contribution in [3.8, 4) is 22.3 Å². The lowest BCUT2D eigenvalue weighted by molar-refractivity contribution is 0.617. The molecule has 0 unspecified atom stereocenters. The van der Waals surface area contributed by atoms with Crippen molar-refractivity contribution in [2.24, 2.45) is 0 Å². The number of hydrogen-bond acceptors (Lipinski definition) is 1. The molecular formula is C25H19F2N. The second-order valence-electron chi connectivity index (χ2n) is 6.62. The summed E-state index contributed by atoms with van der Waals surface area (Å²) in [5.41, 5.74) is 4.78. The van der Waals surface area contributed by atoms with E-state index in [1.54, 1.807) is 37.4 Å². The molecule has 0 amide bonds. The van der Waals surface area contributed by atoms with Crippen molar-refractivity contribution in [1.82, 2.24) is 0 Å². The summed E-state index contributed by atoms with van der Waals surface area (Å²) in [5, 5.41) is 0. The fraction of sp³-hybridized carbons (Fsp3) is 0.0400. The lowest BCUT2D eigenvalue weighted by Gasteiger charge is -2.21. The smallest absolute Gasteiger partial charge is 0.146 e. The van der Waals surface area contributed by atoms with Crippen LogP contribution in [0.2, 0.25) is 0 Å². The van der Waals surface area contributed by atoms with Crippen LogP contribution < -0.4 is 4.90 Å². The standard InChI is InChI=1S/C25H19F2N/c1-28(24-10-6-5-9-22(24)26)25-17-21(15-16-23(25)27)20-13-11-19(12-14-20)18-7-3-2-4-8-18/h2-17H,1H3. The molecule has 0 saturated heterocycles. The molecule has 0 atom stereocenters. The largest absolute Gasteiger partial charge is 0.340 e. The third-order valence-electron chi connectivity index (χ3n) is 4.85. The highest BCUT2D eigenvalue weighted by Gasteiger charge is 2.14. The zero-order valence-electron chi connectivity index (χ0n) is 15.4. The molecule has 0 spiro atoms. The zero-order valence-corrected chi connectivity index (χ0v) is 15.4. The molecule has 0 radical (unpaired) electrons. The lowest BCUT2D eigenvalue weighted by atomic mass is 10.00. The summed E-state index contributed by atoms with van der Waals surface area (Å²) in [7, 11) is 1.67. The fourth-order valence-electron chi connectivity index (χ4n) is 3.29. The number of benzene rings is 4. The summed E-state index contributed by atoms with van der Waals surface area (Å²) in [6, 6.07) is 29.5. The minimum atomic E-state index is -0.393. The predicted molar refractivity (Wildman–Crippen MR) is 112 cm³/mol. The van der Waals surface area contributed by atoms with Crippen LogP contribution >= 0.6 is 0 Å². The zero-order chi connectivity index (χ0) is 19.5. The van der Waals surface area contributed by atoms with Gasteiger partial charge in [0.25, 0.3) is 0 Å². The molecule has 138 valence electrons. The first-order valence-corrected chi connectivity index (χ1v) is 9.07. The minimum Gasteiger partial charge on any atom is -0.340 e.